The number of H-pyrrole nitrogens is 1. The first-order valence-electron chi connectivity index (χ1n) is 10.0. The number of rotatable bonds is 5. The predicted octanol–water partition coefficient (Wildman–Crippen LogP) is 4.07. The van der Waals surface area contributed by atoms with E-state index in [1.54, 1.807) is 38.6 Å². The van der Waals surface area contributed by atoms with Gasteiger partial charge in [-0.3, -0.25) is 9.89 Å². The number of carbonyl (C=O) groups is 1. The average Bonchev–Trinajstić information content (AvgIpc) is 3.39. The van der Waals surface area contributed by atoms with Crippen molar-refractivity contribution in [2.45, 2.75) is 39.2 Å². The maximum absolute atomic E-state index is 13.5. The van der Waals surface area contributed by atoms with Gasteiger partial charge in [0, 0.05) is 18.2 Å². The molecule has 8 heteroatoms. The Morgan fingerprint density at radius 3 is 2.77 bits per heavy atom. The van der Waals surface area contributed by atoms with E-state index >= 15 is 0 Å². The maximum Gasteiger partial charge on any atom is 0.258 e. The summed E-state index contributed by atoms with van der Waals surface area (Å²) in [5.74, 6) is 1.75. The molecule has 3 heterocycles. The van der Waals surface area contributed by atoms with Crippen molar-refractivity contribution >= 4 is 5.91 Å². The van der Waals surface area contributed by atoms with Crippen LogP contribution in [0, 0.1) is 13.8 Å². The summed E-state index contributed by atoms with van der Waals surface area (Å²) >= 11 is 0. The van der Waals surface area contributed by atoms with E-state index in [0.717, 1.165) is 41.8 Å². The van der Waals surface area contributed by atoms with Crippen LogP contribution in [-0.4, -0.2) is 46.9 Å². The number of likely N-dealkylation sites (tertiary alicyclic amines) is 1. The zero-order valence-corrected chi connectivity index (χ0v) is 17.7. The quantitative estimate of drug-likeness (QED) is 0.682. The van der Waals surface area contributed by atoms with Crippen molar-refractivity contribution in [2.24, 2.45) is 0 Å². The van der Waals surface area contributed by atoms with Crippen molar-refractivity contribution in [3.05, 3.63) is 46.9 Å². The molecule has 0 bridgehead atoms. The summed E-state index contributed by atoms with van der Waals surface area (Å²) in [6.45, 7) is 4.55. The van der Waals surface area contributed by atoms with E-state index in [1.807, 2.05) is 18.7 Å². The Bertz CT molecular complexity index is 1060. The first-order valence-corrected chi connectivity index (χ1v) is 10.0. The zero-order valence-electron chi connectivity index (χ0n) is 17.7. The van der Waals surface area contributed by atoms with Gasteiger partial charge in [0.1, 0.15) is 11.5 Å². The van der Waals surface area contributed by atoms with Crippen LogP contribution in [0.3, 0.4) is 0 Å². The number of nitrogens with one attached hydrogen (secondary N) is 1. The third kappa shape index (κ3) is 3.42. The van der Waals surface area contributed by atoms with Crippen LogP contribution >= 0.6 is 0 Å². The lowest BCUT2D eigenvalue weighted by molar-refractivity contribution is 0.0603. The average molecular weight is 410 g/mol. The molecule has 1 aromatic carbocycles. The Kier molecular flexibility index (Phi) is 5.48. The zero-order chi connectivity index (χ0) is 21.3. The SMILES string of the molecule is COc1ccc(C(=O)N2CCCCC2c2[nH]ncc2-c2onc(C)c2C)c(OC)c1. The molecule has 1 saturated heterocycles. The van der Waals surface area contributed by atoms with Gasteiger partial charge in [0.05, 0.1) is 49.0 Å². The van der Waals surface area contributed by atoms with Crippen molar-refractivity contribution in [1.82, 2.24) is 20.3 Å². The Morgan fingerprint density at radius 2 is 2.07 bits per heavy atom. The van der Waals surface area contributed by atoms with E-state index in [4.69, 9.17) is 14.0 Å². The molecule has 4 rings (SSSR count). The lowest BCUT2D eigenvalue weighted by Gasteiger charge is -2.36. The second-order valence-electron chi connectivity index (χ2n) is 7.50. The molecule has 0 saturated carbocycles. The summed E-state index contributed by atoms with van der Waals surface area (Å²) in [4.78, 5) is 15.4. The molecule has 0 radical (unpaired) electrons. The summed E-state index contributed by atoms with van der Waals surface area (Å²) < 4.78 is 16.3. The predicted molar refractivity (Wildman–Crippen MR) is 111 cm³/mol. The summed E-state index contributed by atoms with van der Waals surface area (Å²) in [7, 11) is 3.14. The molecule has 158 valence electrons. The summed E-state index contributed by atoms with van der Waals surface area (Å²) in [6.07, 6.45) is 4.56. The fourth-order valence-corrected chi connectivity index (χ4v) is 4.00. The molecule has 30 heavy (non-hydrogen) atoms. The number of nitrogens with zero attached hydrogens (tertiary/aromatic N) is 3. The second kappa shape index (κ2) is 8.22. The van der Waals surface area contributed by atoms with E-state index < -0.39 is 0 Å². The van der Waals surface area contributed by atoms with Gasteiger partial charge < -0.3 is 18.9 Å². The van der Waals surface area contributed by atoms with Crippen LogP contribution in [0.25, 0.3) is 11.3 Å². The first-order chi connectivity index (χ1) is 14.5. The molecule has 0 aliphatic carbocycles. The molecule has 0 spiro atoms. The van der Waals surface area contributed by atoms with Gasteiger partial charge in [0.25, 0.3) is 5.91 Å². The molecular weight excluding hydrogens is 384 g/mol. The normalized spacial score (nSPS) is 16.5. The maximum atomic E-state index is 13.5. The van der Waals surface area contributed by atoms with Gasteiger partial charge >= 0.3 is 0 Å². The second-order valence-corrected chi connectivity index (χ2v) is 7.50. The number of piperidine rings is 1. The Morgan fingerprint density at radius 1 is 1.23 bits per heavy atom. The molecule has 3 aromatic rings. The molecular formula is C22H26N4O4. The minimum atomic E-state index is -0.139. The highest BCUT2D eigenvalue weighted by Crippen LogP contribution is 2.38. The van der Waals surface area contributed by atoms with E-state index in [9.17, 15) is 4.79 Å². The minimum absolute atomic E-state index is 0.0785. The summed E-state index contributed by atoms with van der Waals surface area (Å²) in [5, 5.41) is 11.4. The van der Waals surface area contributed by atoms with Crippen molar-refractivity contribution in [1.29, 1.82) is 0 Å². The van der Waals surface area contributed by atoms with E-state index in [2.05, 4.69) is 15.4 Å². The summed E-state index contributed by atoms with van der Waals surface area (Å²) in [5.41, 5.74) is 4.05. The number of methoxy groups -OCH3 is 2. The fraction of sp³-hybridized carbons (Fsp3) is 0.409. The van der Waals surface area contributed by atoms with Gasteiger partial charge in [-0.25, -0.2) is 0 Å². The number of hydrogen-bond acceptors (Lipinski definition) is 6. The third-order valence-corrected chi connectivity index (χ3v) is 5.81. The number of ether oxygens (including phenoxy) is 2. The molecule has 1 fully saturated rings. The Labute approximate surface area is 175 Å². The molecule has 1 aliphatic heterocycles. The van der Waals surface area contributed by atoms with E-state index in [0.29, 0.717) is 29.4 Å². The van der Waals surface area contributed by atoms with Crippen LogP contribution < -0.4 is 9.47 Å². The number of aryl methyl sites for hydroxylation is 1. The highest BCUT2D eigenvalue weighted by molar-refractivity contribution is 5.97. The number of benzene rings is 1. The molecule has 1 unspecified atom stereocenters. The van der Waals surface area contributed by atoms with E-state index in [-0.39, 0.29) is 11.9 Å². The van der Waals surface area contributed by atoms with Crippen molar-refractivity contribution < 1.29 is 18.8 Å². The highest BCUT2D eigenvalue weighted by Gasteiger charge is 2.34. The van der Waals surface area contributed by atoms with Crippen LogP contribution in [0.4, 0.5) is 0 Å². The molecule has 1 atom stereocenters. The van der Waals surface area contributed by atoms with Crippen LogP contribution in [-0.2, 0) is 0 Å². The molecule has 8 nitrogen and oxygen atoms in total. The topological polar surface area (TPSA) is 93.5 Å². The van der Waals surface area contributed by atoms with E-state index in [1.165, 1.54) is 0 Å². The first kappa shape index (κ1) is 20.0. The molecule has 1 aliphatic rings. The van der Waals surface area contributed by atoms with Gasteiger partial charge in [-0.05, 0) is 45.2 Å². The third-order valence-electron chi connectivity index (χ3n) is 5.81. The molecule has 1 amide bonds. The van der Waals surface area contributed by atoms with Crippen molar-refractivity contribution in [3.63, 3.8) is 0 Å². The lowest BCUT2D eigenvalue weighted by Crippen LogP contribution is -2.39. The highest BCUT2D eigenvalue weighted by atomic mass is 16.5. The fourth-order valence-electron chi connectivity index (χ4n) is 4.00. The van der Waals surface area contributed by atoms with Gasteiger partial charge in [-0.1, -0.05) is 5.16 Å². The van der Waals surface area contributed by atoms with Gasteiger partial charge in [0.2, 0.25) is 0 Å². The number of aromatic amines is 1. The minimum Gasteiger partial charge on any atom is -0.497 e. The lowest BCUT2D eigenvalue weighted by atomic mass is 9.94. The largest absolute Gasteiger partial charge is 0.497 e. The van der Waals surface area contributed by atoms with Crippen molar-refractivity contribution in [3.8, 4) is 22.8 Å². The standard InChI is InChI=1S/C22H26N4O4/c1-13-14(2)25-30-21(13)17-12-23-24-20(17)18-7-5-6-10-26(18)22(27)16-9-8-15(28-3)11-19(16)29-4/h8-9,11-12,18H,5-7,10H2,1-4H3,(H,23,24). The van der Waals surface area contributed by atoms with Crippen LogP contribution in [0.2, 0.25) is 0 Å². The molecule has 1 N–H and O–H groups in total. The smallest absolute Gasteiger partial charge is 0.258 e. The number of carbonyl (C=O) groups excluding carboxylic acids is 1. The number of amides is 1. The number of aromatic nitrogens is 3. The van der Waals surface area contributed by atoms with Crippen LogP contribution in [0.5, 0.6) is 11.5 Å². The van der Waals surface area contributed by atoms with Crippen molar-refractivity contribution in [2.75, 3.05) is 20.8 Å². The molecule has 2 aromatic heterocycles. The van der Waals surface area contributed by atoms with Crippen LogP contribution in [0.1, 0.15) is 52.6 Å². The Balaban J connectivity index is 1.71. The Hall–Kier alpha value is -3.29. The van der Waals surface area contributed by atoms with Gasteiger partial charge in [-0.15, -0.1) is 0 Å². The monoisotopic (exact) mass is 410 g/mol. The number of hydrogen-bond donors (Lipinski definition) is 1. The van der Waals surface area contributed by atoms with Gasteiger partial charge in [0.15, 0.2) is 5.76 Å². The van der Waals surface area contributed by atoms with Gasteiger partial charge in [-0.2, -0.15) is 5.10 Å². The summed E-state index contributed by atoms with van der Waals surface area (Å²) in [6, 6.07) is 5.12. The van der Waals surface area contributed by atoms with Crippen LogP contribution in [0.15, 0.2) is 28.9 Å².